The molecule has 2 aromatic rings. The number of hydrogen-bond donors (Lipinski definition) is 1. The van der Waals surface area contributed by atoms with Crippen molar-refractivity contribution in [3.05, 3.63) is 46.7 Å². The molecule has 0 saturated heterocycles. The summed E-state index contributed by atoms with van der Waals surface area (Å²) in [7, 11) is 0. The lowest BCUT2D eigenvalue weighted by Gasteiger charge is -2.09. The van der Waals surface area contributed by atoms with Crippen molar-refractivity contribution >= 4 is 11.6 Å². The van der Waals surface area contributed by atoms with Crippen molar-refractivity contribution in [1.82, 2.24) is 15.1 Å². The SMILES string of the molecule is CCc1c(CNC2CC2)cnn1-c1ccccc1Cl. The molecule has 1 saturated carbocycles. The summed E-state index contributed by atoms with van der Waals surface area (Å²) >= 11 is 6.26. The summed E-state index contributed by atoms with van der Waals surface area (Å²) in [6.07, 6.45) is 5.52. The van der Waals surface area contributed by atoms with Gasteiger partial charge >= 0.3 is 0 Å². The molecule has 1 aromatic carbocycles. The Bertz CT molecular complexity index is 573. The van der Waals surface area contributed by atoms with E-state index >= 15 is 0 Å². The van der Waals surface area contributed by atoms with Gasteiger partial charge in [-0.1, -0.05) is 30.7 Å². The van der Waals surface area contributed by atoms with Crippen molar-refractivity contribution < 1.29 is 0 Å². The van der Waals surface area contributed by atoms with Gasteiger partial charge in [0.15, 0.2) is 0 Å². The average molecular weight is 276 g/mol. The van der Waals surface area contributed by atoms with Crippen LogP contribution in [-0.2, 0) is 13.0 Å². The predicted octanol–water partition coefficient (Wildman–Crippen LogP) is 3.34. The number of halogens is 1. The van der Waals surface area contributed by atoms with Gasteiger partial charge in [-0.25, -0.2) is 4.68 Å². The number of para-hydroxylation sites is 1. The fourth-order valence-electron chi connectivity index (χ4n) is 2.31. The standard InChI is InChI=1S/C15H18ClN3/c1-2-14-11(9-17-12-7-8-12)10-18-19(14)15-6-4-3-5-13(15)16/h3-6,10,12,17H,2,7-9H2,1H3. The van der Waals surface area contributed by atoms with E-state index in [1.54, 1.807) is 0 Å². The molecule has 1 aromatic heterocycles. The molecule has 3 nitrogen and oxygen atoms in total. The first-order valence-electron chi connectivity index (χ1n) is 6.83. The second kappa shape index (κ2) is 5.35. The minimum Gasteiger partial charge on any atom is -0.310 e. The number of aromatic nitrogens is 2. The third-order valence-corrected chi connectivity index (χ3v) is 3.85. The first-order valence-corrected chi connectivity index (χ1v) is 7.21. The average Bonchev–Trinajstić information content (AvgIpc) is 3.16. The number of benzene rings is 1. The molecule has 19 heavy (non-hydrogen) atoms. The van der Waals surface area contributed by atoms with Gasteiger partial charge in [0.2, 0.25) is 0 Å². The van der Waals surface area contributed by atoms with Gasteiger partial charge in [-0.05, 0) is 31.4 Å². The van der Waals surface area contributed by atoms with Gasteiger partial charge in [0.25, 0.3) is 0 Å². The lowest BCUT2D eigenvalue weighted by atomic mass is 10.2. The Morgan fingerprint density at radius 2 is 2.16 bits per heavy atom. The Kier molecular flexibility index (Phi) is 3.58. The van der Waals surface area contributed by atoms with Crippen molar-refractivity contribution in [2.75, 3.05) is 0 Å². The number of hydrogen-bond acceptors (Lipinski definition) is 2. The highest BCUT2D eigenvalue weighted by Gasteiger charge is 2.21. The summed E-state index contributed by atoms with van der Waals surface area (Å²) in [6.45, 7) is 3.06. The predicted molar refractivity (Wildman–Crippen MR) is 77.8 cm³/mol. The Morgan fingerprint density at radius 3 is 2.84 bits per heavy atom. The van der Waals surface area contributed by atoms with Crippen molar-refractivity contribution in [3.63, 3.8) is 0 Å². The van der Waals surface area contributed by atoms with Gasteiger partial charge in [-0.15, -0.1) is 0 Å². The van der Waals surface area contributed by atoms with Crippen LogP contribution in [0.5, 0.6) is 0 Å². The molecular weight excluding hydrogens is 258 g/mol. The zero-order valence-electron chi connectivity index (χ0n) is 11.1. The molecule has 3 rings (SSSR count). The highest BCUT2D eigenvalue weighted by molar-refractivity contribution is 6.32. The summed E-state index contributed by atoms with van der Waals surface area (Å²) in [5, 5.41) is 8.79. The fraction of sp³-hybridized carbons (Fsp3) is 0.400. The van der Waals surface area contributed by atoms with E-state index in [1.165, 1.54) is 24.1 Å². The summed E-state index contributed by atoms with van der Waals surface area (Å²) in [4.78, 5) is 0. The van der Waals surface area contributed by atoms with Crippen LogP contribution in [-0.4, -0.2) is 15.8 Å². The molecular formula is C15H18ClN3. The molecule has 1 aliphatic rings. The lowest BCUT2D eigenvalue weighted by molar-refractivity contribution is 0.680. The second-order valence-corrected chi connectivity index (χ2v) is 5.40. The number of nitrogens with zero attached hydrogens (tertiary/aromatic N) is 2. The van der Waals surface area contributed by atoms with Crippen LogP contribution in [0.4, 0.5) is 0 Å². The molecule has 1 fully saturated rings. The van der Waals surface area contributed by atoms with Crippen LogP contribution < -0.4 is 5.32 Å². The maximum absolute atomic E-state index is 6.26. The molecule has 1 heterocycles. The molecule has 0 radical (unpaired) electrons. The molecule has 0 amide bonds. The first-order chi connectivity index (χ1) is 9.29. The van der Waals surface area contributed by atoms with Crippen LogP contribution in [0.25, 0.3) is 5.69 Å². The molecule has 4 heteroatoms. The number of nitrogens with one attached hydrogen (secondary N) is 1. The number of rotatable bonds is 5. The van der Waals surface area contributed by atoms with Crippen LogP contribution in [0.3, 0.4) is 0 Å². The third kappa shape index (κ3) is 2.67. The Labute approximate surface area is 118 Å². The van der Waals surface area contributed by atoms with Gasteiger partial charge in [0, 0.05) is 23.8 Å². The van der Waals surface area contributed by atoms with Gasteiger partial charge < -0.3 is 5.32 Å². The van der Waals surface area contributed by atoms with Crippen molar-refractivity contribution in [3.8, 4) is 5.69 Å². The van der Waals surface area contributed by atoms with Gasteiger partial charge in [-0.2, -0.15) is 5.10 Å². The summed E-state index contributed by atoms with van der Waals surface area (Å²) in [5.41, 5.74) is 3.47. The van der Waals surface area contributed by atoms with Gasteiger partial charge in [0.05, 0.1) is 16.9 Å². The summed E-state index contributed by atoms with van der Waals surface area (Å²) < 4.78 is 1.96. The molecule has 100 valence electrons. The largest absolute Gasteiger partial charge is 0.310 e. The van der Waals surface area contributed by atoms with Crippen LogP contribution in [0.15, 0.2) is 30.5 Å². The van der Waals surface area contributed by atoms with Crippen LogP contribution in [0, 0.1) is 0 Å². The quantitative estimate of drug-likeness (QED) is 0.907. The molecule has 1 N–H and O–H groups in total. The zero-order chi connectivity index (χ0) is 13.2. The Morgan fingerprint density at radius 1 is 1.37 bits per heavy atom. The van der Waals surface area contributed by atoms with E-state index in [1.807, 2.05) is 35.1 Å². The van der Waals surface area contributed by atoms with Gasteiger partial charge in [0.1, 0.15) is 0 Å². The molecule has 0 unspecified atom stereocenters. The highest BCUT2D eigenvalue weighted by atomic mass is 35.5. The summed E-state index contributed by atoms with van der Waals surface area (Å²) in [6, 6.07) is 8.56. The molecule has 0 atom stereocenters. The van der Waals surface area contributed by atoms with E-state index in [4.69, 9.17) is 11.6 Å². The monoisotopic (exact) mass is 275 g/mol. The maximum Gasteiger partial charge on any atom is 0.0835 e. The minimum atomic E-state index is 0.716. The van der Waals surface area contributed by atoms with E-state index in [-0.39, 0.29) is 0 Å². The van der Waals surface area contributed by atoms with E-state index in [0.717, 1.165) is 23.7 Å². The first kappa shape index (κ1) is 12.7. The van der Waals surface area contributed by atoms with Gasteiger partial charge in [-0.3, -0.25) is 0 Å². The molecule has 1 aliphatic carbocycles. The molecule has 0 spiro atoms. The van der Waals surface area contributed by atoms with Crippen LogP contribution in [0.1, 0.15) is 31.0 Å². The Balaban J connectivity index is 1.90. The van der Waals surface area contributed by atoms with E-state index in [9.17, 15) is 0 Å². The van der Waals surface area contributed by atoms with Crippen molar-refractivity contribution in [2.45, 2.75) is 38.8 Å². The van der Waals surface area contributed by atoms with E-state index in [2.05, 4.69) is 17.3 Å². The van der Waals surface area contributed by atoms with E-state index < -0.39 is 0 Å². The minimum absolute atomic E-state index is 0.716. The third-order valence-electron chi connectivity index (χ3n) is 3.53. The maximum atomic E-state index is 6.26. The van der Waals surface area contributed by atoms with E-state index in [0.29, 0.717) is 6.04 Å². The van der Waals surface area contributed by atoms with Crippen molar-refractivity contribution in [2.24, 2.45) is 0 Å². The molecule has 0 aliphatic heterocycles. The van der Waals surface area contributed by atoms with Crippen molar-refractivity contribution in [1.29, 1.82) is 0 Å². The lowest BCUT2D eigenvalue weighted by Crippen LogP contribution is -2.16. The topological polar surface area (TPSA) is 29.9 Å². The molecule has 0 bridgehead atoms. The smallest absolute Gasteiger partial charge is 0.0835 e. The summed E-state index contributed by atoms with van der Waals surface area (Å²) in [5.74, 6) is 0. The second-order valence-electron chi connectivity index (χ2n) is 4.99. The Hall–Kier alpha value is -1.32. The van der Waals surface area contributed by atoms with Crippen LogP contribution in [0.2, 0.25) is 5.02 Å². The fourth-order valence-corrected chi connectivity index (χ4v) is 2.52. The van der Waals surface area contributed by atoms with Crippen LogP contribution >= 0.6 is 11.6 Å². The zero-order valence-corrected chi connectivity index (χ0v) is 11.8. The normalized spacial score (nSPS) is 14.8. The highest BCUT2D eigenvalue weighted by Crippen LogP contribution is 2.24.